The monoisotopic (exact) mass is 775 g/mol. The second kappa shape index (κ2) is 9.75. The third kappa shape index (κ3) is 3.83. The van der Waals surface area contributed by atoms with Crippen LogP contribution in [0.4, 0.5) is 0 Å². The van der Waals surface area contributed by atoms with Crippen molar-refractivity contribution in [2.45, 2.75) is 0 Å². The van der Waals surface area contributed by atoms with E-state index in [9.17, 15) is 0 Å². The summed E-state index contributed by atoms with van der Waals surface area (Å²) >= 11 is 51.7. The van der Waals surface area contributed by atoms with Crippen molar-refractivity contribution in [2.24, 2.45) is 0 Å². The maximum absolute atomic E-state index is 6.72. The molecule has 18 heteroatoms. The van der Waals surface area contributed by atoms with Crippen LogP contribution in [0.25, 0.3) is 21.8 Å². The number of hydrogen-bond acceptors (Lipinski definition) is 8. The Labute approximate surface area is 287 Å². The van der Waals surface area contributed by atoms with Crippen LogP contribution in [0, 0.1) is 0 Å². The fourth-order valence-electron chi connectivity index (χ4n) is 4.89. The van der Waals surface area contributed by atoms with Crippen LogP contribution in [0.3, 0.4) is 0 Å². The number of fused-ring (bicyclic) bond motifs is 8. The molecule has 0 unspecified atom stereocenters. The summed E-state index contributed by atoms with van der Waals surface area (Å²) in [5.41, 5.74) is 0.941. The number of aromatic nitrogens is 2. The predicted octanol–water partition coefficient (Wildman–Crippen LogP) is 10.1. The van der Waals surface area contributed by atoms with Crippen molar-refractivity contribution in [1.29, 1.82) is 0 Å². The van der Waals surface area contributed by atoms with Gasteiger partial charge in [0.05, 0.1) is 14.1 Å². The molecule has 2 N–H and O–H groups in total. The molecule has 44 heavy (non-hydrogen) atoms. The van der Waals surface area contributed by atoms with Gasteiger partial charge in [0, 0.05) is 0 Å². The van der Waals surface area contributed by atoms with Crippen molar-refractivity contribution in [3.8, 4) is 34.5 Å². The molecule has 1 spiro atoms. The fourth-order valence-corrected chi connectivity index (χ4v) is 10.7. The molecule has 0 radical (unpaired) electrons. The Hall–Kier alpha value is -2.01. The molecule has 3 aliphatic rings. The summed E-state index contributed by atoms with van der Waals surface area (Å²) in [5, 5.41) is 1.50. The summed E-state index contributed by atoms with van der Waals surface area (Å²) in [6, 6.07) is 6.82. The molecule has 0 saturated carbocycles. The molecule has 0 fully saturated rings. The molecule has 0 saturated heterocycles. The Balaban J connectivity index is 0.00000100. The zero-order valence-electron chi connectivity index (χ0n) is 21.9. The van der Waals surface area contributed by atoms with Gasteiger partial charge in [-0.3, -0.25) is 0 Å². The molecule has 0 aliphatic carbocycles. The molecular weight excluding hydrogens is 765 g/mol. The average Bonchev–Trinajstić information content (AvgIpc) is 3.63. The summed E-state index contributed by atoms with van der Waals surface area (Å²) < 4.78 is 38.9. The molecule has 9 nitrogen and oxygen atoms in total. The molecule has 3 aromatic carbocycles. The number of rotatable bonds is 0. The van der Waals surface area contributed by atoms with E-state index in [0.29, 0.717) is 21.8 Å². The van der Waals surface area contributed by atoms with E-state index in [-0.39, 0.29) is 74.7 Å². The van der Waals surface area contributed by atoms with Crippen molar-refractivity contribution in [1.82, 2.24) is 9.97 Å². The van der Waals surface area contributed by atoms with Gasteiger partial charge in [-0.1, -0.05) is 0 Å². The van der Waals surface area contributed by atoms with Crippen LogP contribution in [0.5, 0.6) is 34.5 Å². The maximum atomic E-state index is 6.61. The summed E-state index contributed by atoms with van der Waals surface area (Å²) in [5.74, 6) is -0.876. The average molecular weight is 779 g/mol. The van der Waals surface area contributed by atoms with Crippen LogP contribution < -0.4 is 32.5 Å². The Morgan fingerprint density at radius 3 is 1.05 bits per heavy atom. The Morgan fingerprint density at radius 1 is 0.477 bits per heavy atom. The van der Waals surface area contributed by atoms with Gasteiger partial charge in [0.1, 0.15) is 0 Å². The summed E-state index contributed by atoms with van der Waals surface area (Å²) in [6.07, 6.45) is 3.20. The first-order valence-electron chi connectivity index (χ1n) is 12.4. The Morgan fingerprint density at radius 2 is 0.750 bits per heavy atom. The van der Waals surface area contributed by atoms with E-state index in [2.05, 4.69) is 9.97 Å². The molecule has 230 valence electrons. The van der Waals surface area contributed by atoms with Gasteiger partial charge < -0.3 is 5.32 Å². The van der Waals surface area contributed by atoms with E-state index >= 15 is 0 Å². The summed E-state index contributed by atoms with van der Waals surface area (Å²) in [4.78, 5) is 8.99. The number of nitrogens with two attached hydrogens (primary N) is 1. The molecule has 2 aromatic heterocycles. The van der Waals surface area contributed by atoms with Gasteiger partial charge >= 0.3 is 270 Å². The first-order valence-corrected chi connectivity index (χ1v) is 17.6. The standard InChI is InChI=1S/C24H6Cl8N2O6P.C2H7N/c25-9-10(26)14(30)22-21(13(9)29)37-41(38-22,39-23-15(31)11(27)12(28)16(32)24(23)40-41)35-19-7-3-1-5-33-17(7)18-8(20(19)36-41)4-2-6-34-18;1-3-2/h1-6H;3H,1-2H3/q-1;/p+1. The van der Waals surface area contributed by atoms with E-state index in [4.69, 9.17) is 120 Å². The van der Waals surface area contributed by atoms with Gasteiger partial charge in [0.15, 0.2) is 0 Å². The van der Waals surface area contributed by atoms with Gasteiger partial charge in [-0.05, 0) is 0 Å². The SMILES string of the molecule is C[NH2+]C.Clc1c(Cl)c(Cl)c2c(c1Cl)O[P-]13(O2)(Oc2c(Cl)c(Cl)c(Cl)c(Cl)c2O1)Oc1c(c2cccnc2c2ncccc12)O3. The first-order chi connectivity index (χ1) is 20.8. The Kier molecular flexibility index (Phi) is 6.79. The third-order valence-electron chi connectivity index (χ3n) is 6.57. The first kappa shape index (κ1) is 30.6. The number of halogens is 8. The van der Waals surface area contributed by atoms with Crippen molar-refractivity contribution in [3.05, 3.63) is 76.8 Å². The fraction of sp³-hybridized carbons (Fsp3) is 0.0769. The normalized spacial score (nSPS) is 18.5. The van der Waals surface area contributed by atoms with Crippen molar-refractivity contribution in [2.75, 3.05) is 14.1 Å². The topological polar surface area (TPSA) is 97.8 Å². The van der Waals surface area contributed by atoms with E-state index in [0.717, 1.165) is 0 Å². The second-order valence-electron chi connectivity index (χ2n) is 9.53. The summed E-state index contributed by atoms with van der Waals surface area (Å²) in [6.45, 7) is 0. The molecule has 0 amide bonds. The van der Waals surface area contributed by atoms with Crippen LogP contribution >= 0.6 is 100 Å². The number of hydrogen-bond donors (Lipinski definition) is 1. The number of nitrogens with zero attached hydrogens (tertiary/aromatic N) is 2. The quantitative estimate of drug-likeness (QED) is 0.0719. The molecule has 3 aliphatic heterocycles. The number of benzene rings is 3. The third-order valence-corrected chi connectivity index (χ3v) is 13.4. The molecule has 5 heterocycles. The van der Waals surface area contributed by atoms with E-state index in [1.54, 1.807) is 36.7 Å². The number of pyridine rings is 2. The minimum atomic E-state index is -6.72. The van der Waals surface area contributed by atoms with Gasteiger partial charge in [0.25, 0.3) is 0 Å². The molecule has 5 aromatic rings. The zero-order valence-corrected chi connectivity index (χ0v) is 28.8. The van der Waals surface area contributed by atoms with Crippen LogP contribution in [-0.4, -0.2) is 24.1 Å². The van der Waals surface area contributed by atoms with Crippen molar-refractivity contribution in [3.63, 3.8) is 0 Å². The molecule has 0 bridgehead atoms. The zero-order chi connectivity index (χ0) is 31.4. The van der Waals surface area contributed by atoms with Crippen LogP contribution in [0.2, 0.25) is 40.2 Å². The van der Waals surface area contributed by atoms with Gasteiger partial charge in [-0.15, -0.1) is 0 Å². The van der Waals surface area contributed by atoms with Gasteiger partial charge in [-0.2, -0.15) is 0 Å². The predicted molar refractivity (Wildman–Crippen MR) is 174 cm³/mol. The molecule has 8 rings (SSSR count). The Bertz CT molecular complexity index is 1920. The summed E-state index contributed by atoms with van der Waals surface area (Å²) in [7, 11) is -2.72. The van der Waals surface area contributed by atoms with E-state index in [1.165, 1.54) is 0 Å². The minimum absolute atomic E-state index is 0.0682. The number of quaternary nitrogens is 1. The van der Waals surface area contributed by atoms with E-state index in [1.807, 2.05) is 19.4 Å². The van der Waals surface area contributed by atoms with Crippen molar-refractivity contribution >= 4 is 122 Å². The van der Waals surface area contributed by atoms with Crippen LogP contribution in [-0.2, 0) is 0 Å². The second-order valence-corrected chi connectivity index (χ2v) is 15.9. The van der Waals surface area contributed by atoms with E-state index < -0.39 is 7.31 Å². The van der Waals surface area contributed by atoms with Crippen LogP contribution in [0.1, 0.15) is 0 Å². The van der Waals surface area contributed by atoms with Gasteiger partial charge in [0.2, 0.25) is 0 Å². The molecule has 0 atom stereocenters. The van der Waals surface area contributed by atoms with Crippen molar-refractivity contribution < 1.29 is 32.5 Å². The molecular formula is C26H14Cl8N3O6P. The van der Waals surface area contributed by atoms with Gasteiger partial charge in [-0.25, -0.2) is 0 Å². The van der Waals surface area contributed by atoms with Crippen LogP contribution in [0.15, 0.2) is 36.7 Å².